The number of rotatable bonds is 7. The van der Waals surface area contributed by atoms with Crippen LogP contribution >= 0.6 is 0 Å². The number of benzene rings is 2. The molecule has 0 saturated carbocycles. The molecule has 0 spiro atoms. The number of aryl methyl sites for hydroxylation is 1. The molecular weight excluding hydrogens is 386 g/mol. The number of hydrogen-bond donors (Lipinski definition) is 1. The Bertz CT molecular complexity index is 1090. The molecule has 1 N–H and O–H groups in total. The molecule has 0 aliphatic heterocycles. The van der Waals surface area contributed by atoms with Crippen molar-refractivity contribution in [3.05, 3.63) is 84.3 Å². The number of hydrogen-bond acceptors (Lipinski definition) is 5. The fourth-order valence-corrected chi connectivity index (χ4v) is 5.36. The van der Waals surface area contributed by atoms with Crippen molar-refractivity contribution >= 4 is 19.9 Å². The van der Waals surface area contributed by atoms with E-state index in [0.29, 0.717) is 0 Å². The maximum absolute atomic E-state index is 13.1. The Morgan fingerprint density at radius 3 is 2.11 bits per heavy atom. The summed E-state index contributed by atoms with van der Waals surface area (Å²) in [6, 6.07) is 17.3. The van der Waals surface area contributed by atoms with E-state index in [4.69, 9.17) is 4.42 Å². The van der Waals surface area contributed by atoms with Gasteiger partial charge in [0.05, 0.1) is 16.1 Å². The lowest BCUT2D eigenvalue weighted by molar-refractivity contribution is 0.486. The molecule has 0 bridgehead atoms. The highest BCUT2D eigenvalue weighted by Crippen LogP contribution is 2.29. The zero-order chi connectivity index (χ0) is 19.5. The molecule has 0 aliphatic rings. The highest BCUT2D eigenvalue weighted by molar-refractivity contribution is 7.92. The van der Waals surface area contributed by atoms with Crippen LogP contribution in [0, 0.1) is 6.92 Å². The maximum Gasteiger partial charge on any atom is 0.240 e. The zero-order valence-electron chi connectivity index (χ0n) is 14.6. The van der Waals surface area contributed by atoms with Gasteiger partial charge in [-0.15, -0.1) is 0 Å². The van der Waals surface area contributed by atoms with Crippen LogP contribution in [-0.2, 0) is 19.9 Å². The van der Waals surface area contributed by atoms with Crippen molar-refractivity contribution in [2.45, 2.75) is 22.0 Å². The number of sulfone groups is 1. The van der Waals surface area contributed by atoms with Gasteiger partial charge in [0.1, 0.15) is 11.0 Å². The van der Waals surface area contributed by atoms with Crippen molar-refractivity contribution in [1.82, 2.24) is 4.72 Å². The summed E-state index contributed by atoms with van der Waals surface area (Å²) in [6.45, 7) is 1.51. The summed E-state index contributed by atoms with van der Waals surface area (Å²) in [4.78, 5) is 0.171. The van der Waals surface area contributed by atoms with E-state index in [9.17, 15) is 16.8 Å². The smallest absolute Gasteiger partial charge is 0.240 e. The molecule has 3 aromatic rings. The van der Waals surface area contributed by atoms with Crippen molar-refractivity contribution < 1.29 is 21.3 Å². The van der Waals surface area contributed by atoms with Crippen LogP contribution in [0.4, 0.5) is 0 Å². The molecule has 0 radical (unpaired) electrons. The van der Waals surface area contributed by atoms with Gasteiger partial charge in [-0.3, -0.25) is 0 Å². The number of nitrogens with one attached hydrogen (secondary N) is 1. The molecule has 0 fully saturated rings. The van der Waals surface area contributed by atoms with Crippen LogP contribution in [0.1, 0.15) is 16.6 Å². The first kappa shape index (κ1) is 19.3. The van der Waals surface area contributed by atoms with Gasteiger partial charge in [0.2, 0.25) is 10.0 Å². The van der Waals surface area contributed by atoms with Crippen molar-refractivity contribution in [3.63, 3.8) is 0 Å². The Balaban J connectivity index is 1.92. The second-order valence-corrected chi connectivity index (χ2v) is 9.92. The standard InChI is InChI=1S/C19H19NO5S2/c1-15-9-11-16(12-10-15)26(21,22)19(18-8-5-13-25-18)14-20-27(23,24)17-6-3-2-4-7-17/h2-13,19-20H,14H2,1H3/t19-/m0/s1. The summed E-state index contributed by atoms with van der Waals surface area (Å²) < 4.78 is 58.8. The minimum absolute atomic E-state index is 0.0657. The normalized spacial score (nSPS) is 13.4. The van der Waals surface area contributed by atoms with E-state index in [1.54, 1.807) is 36.4 Å². The van der Waals surface area contributed by atoms with Crippen LogP contribution in [0.15, 0.2) is 87.2 Å². The molecular formula is C19H19NO5S2. The van der Waals surface area contributed by atoms with Crippen LogP contribution < -0.4 is 4.72 Å². The van der Waals surface area contributed by atoms with Gasteiger partial charge in [-0.05, 0) is 43.3 Å². The Kier molecular flexibility index (Phi) is 5.50. The molecule has 0 saturated heterocycles. The van der Waals surface area contributed by atoms with E-state index < -0.39 is 25.1 Å². The lowest BCUT2D eigenvalue weighted by atomic mass is 10.2. The molecule has 3 rings (SSSR count). The highest BCUT2D eigenvalue weighted by Gasteiger charge is 2.32. The van der Waals surface area contributed by atoms with Crippen LogP contribution in [0.2, 0.25) is 0 Å². The first-order valence-electron chi connectivity index (χ1n) is 8.19. The van der Waals surface area contributed by atoms with Crippen LogP contribution in [0.3, 0.4) is 0 Å². The predicted octanol–water partition coefficient (Wildman–Crippen LogP) is 3.08. The largest absolute Gasteiger partial charge is 0.468 e. The molecule has 8 heteroatoms. The summed E-state index contributed by atoms with van der Waals surface area (Å²) in [5.41, 5.74) is 0.924. The van der Waals surface area contributed by atoms with Gasteiger partial charge >= 0.3 is 0 Å². The average Bonchev–Trinajstić information content (AvgIpc) is 3.17. The third kappa shape index (κ3) is 4.29. The van der Waals surface area contributed by atoms with E-state index in [-0.39, 0.29) is 22.1 Å². The predicted molar refractivity (Wildman–Crippen MR) is 101 cm³/mol. The van der Waals surface area contributed by atoms with Gasteiger partial charge in [0.15, 0.2) is 9.84 Å². The van der Waals surface area contributed by atoms with Gasteiger partial charge in [0, 0.05) is 6.54 Å². The molecule has 142 valence electrons. The van der Waals surface area contributed by atoms with Crippen LogP contribution in [0.25, 0.3) is 0 Å². The molecule has 27 heavy (non-hydrogen) atoms. The Morgan fingerprint density at radius 1 is 0.852 bits per heavy atom. The van der Waals surface area contributed by atoms with E-state index in [0.717, 1.165) is 5.56 Å². The van der Waals surface area contributed by atoms with Crippen molar-refractivity contribution in [2.24, 2.45) is 0 Å². The Labute approximate surface area is 158 Å². The van der Waals surface area contributed by atoms with Crippen molar-refractivity contribution in [2.75, 3.05) is 6.54 Å². The monoisotopic (exact) mass is 405 g/mol. The quantitative estimate of drug-likeness (QED) is 0.652. The highest BCUT2D eigenvalue weighted by atomic mass is 32.2. The van der Waals surface area contributed by atoms with Crippen molar-refractivity contribution in [1.29, 1.82) is 0 Å². The average molecular weight is 405 g/mol. The molecule has 6 nitrogen and oxygen atoms in total. The first-order valence-corrected chi connectivity index (χ1v) is 11.2. The van der Waals surface area contributed by atoms with Gasteiger partial charge in [-0.1, -0.05) is 35.9 Å². The van der Waals surface area contributed by atoms with Gasteiger partial charge in [0.25, 0.3) is 0 Å². The molecule has 0 unspecified atom stereocenters. The maximum atomic E-state index is 13.1. The van der Waals surface area contributed by atoms with E-state index >= 15 is 0 Å². The third-order valence-corrected chi connectivity index (χ3v) is 7.61. The molecule has 0 aliphatic carbocycles. The molecule has 1 aromatic heterocycles. The minimum Gasteiger partial charge on any atom is -0.468 e. The van der Waals surface area contributed by atoms with Gasteiger partial charge in [-0.25, -0.2) is 21.6 Å². The van der Waals surface area contributed by atoms with Crippen molar-refractivity contribution in [3.8, 4) is 0 Å². The lowest BCUT2D eigenvalue weighted by Crippen LogP contribution is -2.31. The fraction of sp³-hybridized carbons (Fsp3) is 0.158. The first-order chi connectivity index (χ1) is 12.8. The van der Waals surface area contributed by atoms with Gasteiger partial charge < -0.3 is 4.42 Å². The number of sulfonamides is 1. The topological polar surface area (TPSA) is 93.5 Å². The summed E-state index contributed by atoms with van der Waals surface area (Å²) in [5, 5.41) is -1.19. The molecule has 1 atom stereocenters. The van der Waals surface area contributed by atoms with E-state index in [1.807, 2.05) is 6.92 Å². The second-order valence-electron chi connectivity index (χ2n) is 6.03. The van der Waals surface area contributed by atoms with Crippen LogP contribution in [-0.4, -0.2) is 23.4 Å². The molecule has 2 aromatic carbocycles. The lowest BCUT2D eigenvalue weighted by Gasteiger charge is -2.17. The summed E-state index contributed by atoms with van der Waals surface area (Å²) in [6.07, 6.45) is 1.36. The molecule has 1 heterocycles. The minimum atomic E-state index is -3.87. The van der Waals surface area contributed by atoms with Gasteiger partial charge in [-0.2, -0.15) is 0 Å². The summed E-state index contributed by atoms with van der Waals surface area (Å²) >= 11 is 0. The second kappa shape index (κ2) is 7.67. The van der Waals surface area contributed by atoms with E-state index in [2.05, 4.69) is 4.72 Å². The SMILES string of the molecule is Cc1ccc(S(=O)(=O)[C@@H](CNS(=O)(=O)c2ccccc2)c2ccco2)cc1. The summed E-state index contributed by atoms with van der Waals surface area (Å²) in [7, 11) is -7.72. The van der Waals surface area contributed by atoms with Crippen LogP contribution in [0.5, 0.6) is 0 Å². The van der Waals surface area contributed by atoms with E-state index in [1.165, 1.54) is 36.6 Å². The third-order valence-electron chi connectivity index (χ3n) is 4.10. The fourth-order valence-electron chi connectivity index (χ4n) is 2.60. The Morgan fingerprint density at radius 2 is 1.52 bits per heavy atom. The zero-order valence-corrected chi connectivity index (χ0v) is 16.2. The Hall–Kier alpha value is -2.42. The summed E-state index contributed by atoms with van der Waals surface area (Å²) in [5.74, 6) is 0.173. The molecule has 0 amide bonds. The number of furan rings is 1.